The van der Waals surface area contributed by atoms with E-state index in [1.165, 1.54) is 12.5 Å². The van der Waals surface area contributed by atoms with Gasteiger partial charge in [0.05, 0.1) is 0 Å². The molecule has 3 rings (SSSR count). The lowest BCUT2D eigenvalue weighted by Crippen LogP contribution is -2.05. The zero-order chi connectivity index (χ0) is 17.8. The molecule has 0 saturated carbocycles. The van der Waals surface area contributed by atoms with Crippen molar-refractivity contribution in [3.8, 4) is 11.4 Å². The Bertz CT molecular complexity index is 875. The zero-order valence-electron chi connectivity index (χ0n) is 13.9. The summed E-state index contributed by atoms with van der Waals surface area (Å²) in [6.07, 6.45) is 0. The van der Waals surface area contributed by atoms with Crippen LogP contribution in [0.1, 0.15) is 12.5 Å². The van der Waals surface area contributed by atoms with Crippen LogP contribution in [0.3, 0.4) is 0 Å². The molecule has 1 heterocycles. The predicted molar refractivity (Wildman–Crippen MR) is 104 cm³/mol. The van der Waals surface area contributed by atoms with Crippen LogP contribution in [-0.4, -0.2) is 20.7 Å². The van der Waals surface area contributed by atoms with Crippen LogP contribution in [0.5, 0.6) is 0 Å². The molecule has 0 aliphatic rings. The highest BCUT2D eigenvalue weighted by atomic mass is 79.9. The normalized spacial score (nSPS) is 10.7. The summed E-state index contributed by atoms with van der Waals surface area (Å²) in [5, 5.41) is 12.2. The summed E-state index contributed by atoms with van der Waals surface area (Å²) in [5.74, 6) is 1.55. The maximum Gasteiger partial charge on any atom is 0.221 e. The zero-order valence-corrected chi connectivity index (χ0v) is 16.3. The van der Waals surface area contributed by atoms with Crippen LogP contribution >= 0.6 is 27.7 Å². The Labute approximate surface area is 159 Å². The first-order valence-corrected chi connectivity index (χ1v) is 9.45. The molecule has 0 saturated heterocycles. The van der Waals surface area contributed by atoms with E-state index in [0.717, 1.165) is 32.5 Å². The van der Waals surface area contributed by atoms with Crippen molar-refractivity contribution in [1.82, 2.24) is 14.8 Å². The number of thioether (sulfide) groups is 1. The summed E-state index contributed by atoms with van der Waals surface area (Å²) >= 11 is 5.09. The van der Waals surface area contributed by atoms with E-state index in [0.29, 0.717) is 0 Å². The van der Waals surface area contributed by atoms with Gasteiger partial charge in [-0.25, -0.2) is 0 Å². The highest BCUT2D eigenvalue weighted by Crippen LogP contribution is 2.26. The van der Waals surface area contributed by atoms with Gasteiger partial charge in [0.1, 0.15) is 0 Å². The van der Waals surface area contributed by atoms with Gasteiger partial charge in [-0.05, 0) is 42.0 Å². The van der Waals surface area contributed by atoms with E-state index in [1.807, 2.05) is 48.0 Å². The molecule has 0 unspecified atom stereocenters. The van der Waals surface area contributed by atoms with Crippen molar-refractivity contribution >= 4 is 39.3 Å². The lowest BCUT2D eigenvalue weighted by Gasteiger charge is -2.06. The Morgan fingerprint density at radius 3 is 2.44 bits per heavy atom. The fourth-order valence-electron chi connectivity index (χ4n) is 2.33. The van der Waals surface area contributed by atoms with Gasteiger partial charge in [0.25, 0.3) is 0 Å². The summed E-state index contributed by atoms with van der Waals surface area (Å²) in [6, 6.07) is 15.8. The largest absolute Gasteiger partial charge is 0.326 e. The van der Waals surface area contributed by atoms with E-state index < -0.39 is 0 Å². The van der Waals surface area contributed by atoms with Crippen LogP contribution in [0.15, 0.2) is 58.2 Å². The van der Waals surface area contributed by atoms with Crippen molar-refractivity contribution in [2.24, 2.45) is 7.05 Å². The first-order chi connectivity index (χ1) is 12.0. The molecule has 5 nitrogen and oxygen atoms in total. The molecule has 128 valence electrons. The Hall–Kier alpha value is -2.12. The van der Waals surface area contributed by atoms with Crippen molar-refractivity contribution in [2.45, 2.75) is 17.8 Å². The standard InChI is InChI=1S/C18H17BrN4OS/c1-12(24)20-16-9-5-14(6-10-16)17-21-22-18(23(17)2)25-11-13-3-7-15(19)8-4-13/h3-10H,11H2,1-2H3,(H,20,24). The molecule has 0 atom stereocenters. The molecule has 25 heavy (non-hydrogen) atoms. The molecular formula is C18H17BrN4OS. The third-order valence-electron chi connectivity index (χ3n) is 3.58. The SMILES string of the molecule is CC(=O)Nc1ccc(-c2nnc(SCc3ccc(Br)cc3)n2C)cc1. The third kappa shape index (κ3) is 4.49. The van der Waals surface area contributed by atoms with Gasteiger partial charge in [0.2, 0.25) is 5.91 Å². The van der Waals surface area contributed by atoms with Gasteiger partial charge < -0.3 is 9.88 Å². The number of nitrogens with zero attached hydrogens (tertiary/aromatic N) is 3. The summed E-state index contributed by atoms with van der Waals surface area (Å²) in [4.78, 5) is 11.1. The molecular weight excluding hydrogens is 400 g/mol. The number of anilines is 1. The van der Waals surface area contributed by atoms with Crippen molar-refractivity contribution in [2.75, 3.05) is 5.32 Å². The third-order valence-corrected chi connectivity index (χ3v) is 5.20. The smallest absolute Gasteiger partial charge is 0.221 e. The van der Waals surface area contributed by atoms with Crippen LogP contribution in [0.4, 0.5) is 5.69 Å². The molecule has 0 aliphatic carbocycles. The van der Waals surface area contributed by atoms with E-state index >= 15 is 0 Å². The van der Waals surface area contributed by atoms with E-state index in [4.69, 9.17) is 0 Å². The van der Waals surface area contributed by atoms with Gasteiger partial charge in [-0.3, -0.25) is 4.79 Å². The maximum atomic E-state index is 11.1. The summed E-state index contributed by atoms with van der Waals surface area (Å²) in [6.45, 7) is 1.49. The summed E-state index contributed by atoms with van der Waals surface area (Å²) in [7, 11) is 1.96. The number of benzene rings is 2. The fraction of sp³-hybridized carbons (Fsp3) is 0.167. The Kier molecular flexibility index (Phi) is 5.55. The monoisotopic (exact) mass is 416 g/mol. The number of amides is 1. The minimum atomic E-state index is -0.0852. The van der Waals surface area contributed by atoms with E-state index in [2.05, 4.69) is 43.6 Å². The molecule has 0 bridgehead atoms. The number of carbonyl (C=O) groups is 1. The van der Waals surface area contributed by atoms with E-state index in [-0.39, 0.29) is 5.91 Å². The van der Waals surface area contributed by atoms with Gasteiger partial charge in [0.15, 0.2) is 11.0 Å². The number of carbonyl (C=O) groups excluding carboxylic acids is 1. The molecule has 1 aromatic heterocycles. The number of nitrogens with one attached hydrogen (secondary N) is 1. The molecule has 0 radical (unpaired) electrons. The minimum absolute atomic E-state index is 0.0852. The van der Waals surface area contributed by atoms with Crippen LogP contribution in [0.25, 0.3) is 11.4 Å². The molecule has 7 heteroatoms. The van der Waals surface area contributed by atoms with Crippen LogP contribution in [0.2, 0.25) is 0 Å². The molecule has 2 aromatic carbocycles. The molecule has 0 fully saturated rings. The first-order valence-electron chi connectivity index (χ1n) is 7.67. The van der Waals surface area contributed by atoms with Gasteiger partial charge >= 0.3 is 0 Å². The van der Waals surface area contributed by atoms with E-state index in [1.54, 1.807) is 11.8 Å². The average Bonchev–Trinajstić information content (AvgIpc) is 2.95. The van der Waals surface area contributed by atoms with E-state index in [9.17, 15) is 4.79 Å². The van der Waals surface area contributed by atoms with Crippen molar-refractivity contribution < 1.29 is 4.79 Å². The first kappa shape index (κ1) is 17.7. The second kappa shape index (κ2) is 7.84. The molecule has 3 aromatic rings. The number of halogens is 1. The Morgan fingerprint density at radius 2 is 1.80 bits per heavy atom. The van der Waals surface area contributed by atoms with Crippen molar-refractivity contribution in [3.63, 3.8) is 0 Å². The lowest BCUT2D eigenvalue weighted by molar-refractivity contribution is -0.114. The Morgan fingerprint density at radius 1 is 1.12 bits per heavy atom. The van der Waals surface area contributed by atoms with Crippen LogP contribution in [0, 0.1) is 0 Å². The predicted octanol–water partition coefficient (Wildman–Crippen LogP) is 4.50. The quantitative estimate of drug-likeness (QED) is 0.622. The number of hydrogen-bond acceptors (Lipinski definition) is 4. The van der Waals surface area contributed by atoms with Crippen molar-refractivity contribution in [3.05, 3.63) is 58.6 Å². The maximum absolute atomic E-state index is 11.1. The van der Waals surface area contributed by atoms with Crippen LogP contribution < -0.4 is 5.32 Å². The van der Waals surface area contributed by atoms with Gasteiger partial charge in [-0.2, -0.15) is 0 Å². The Balaban J connectivity index is 1.72. The topological polar surface area (TPSA) is 59.8 Å². The average molecular weight is 417 g/mol. The van der Waals surface area contributed by atoms with Crippen LogP contribution in [-0.2, 0) is 17.6 Å². The molecule has 0 spiro atoms. The summed E-state index contributed by atoms with van der Waals surface area (Å²) in [5.41, 5.74) is 2.96. The van der Waals surface area contributed by atoms with Gasteiger partial charge in [-0.15, -0.1) is 10.2 Å². The number of rotatable bonds is 5. The second-order valence-electron chi connectivity index (χ2n) is 5.54. The fourth-order valence-corrected chi connectivity index (χ4v) is 3.46. The van der Waals surface area contributed by atoms with Crippen molar-refractivity contribution in [1.29, 1.82) is 0 Å². The van der Waals surface area contributed by atoms with Gasteiger partial charge in [0, 0.05) is 35.4 Å². The highest BCUT2D eigenvalue weighted by Gasteiger charge is 2.11. The molecule has 1 N–H and O–H groups in total. The minimum Gasteiger partial charge on any atom is -0.326 e. The lowest BCUT2D eigenvalue weighted by atomic mass is 10.2. The number of aromatic nitrogens is 3. The second-order valence-corrected chi connectivity index (χ2v) is 7.40. The summed E-state index contributed by atoms with van der Waals surface area (Å²) < 4.78 is 3.06. The number of hydrogen-bond donors (Lipinski definition) is 1. The molecule has 1 amide bonds. The molecule has 0 aliphatic heterocycles. The van der Waals surface area contributed by atoms with Gasteiger partial charge in [-0.1, -0.05) is 39.8 Å². The highest BCUT2D eigenvalue weighted by molar-refractivity contribution is 9.10.